The molecule has 0 fully saturated rings. The highest BCUT2D eigenvalue weighted by atomic mass is 16.5. The SMILES string of the molecule is BC(C)(CC)CC(C)(CC)CNC(=O)c1ccc(C(=O)NCCOC(C)(C)CC)c(O)c1O. The summed E-state index contributed by atoms with van der Waals surface area (Å²) in [4.78, 5) is 25.1. The number of aromatic hydroxyl groups is 2. The van der Waals surface area contributed by atoms with Gasteiger partial charge in [0.15, 0.2) is 11.5 Å². The number of ether oxygens (including phenoxy) is 1. The van der Waals surface area contributed by atoms with Crippen LogP contribution in [0, 0.1) is 5.41 Å². The van der Waals surface area contributed by atoms with Gasteiger partial charge in [0.05, 0.1) is 23.3 Å². The fourth-order valence-corrected chi connectivity index (χ4v) is 3.62. The molecule has 1 aromatic carbocycles. The summed E-state index contributed by atoms with van der Waals surface area (Å²) in [6.07, 6.45) is 3.72. The standard InChI is InChI=1S/C25H43BN2O5/c1-8-23(4,5)33-14-13-27-21(31)17-11-12-18(20(30)19(17)29)22(32)28-16-24(6,9-2)15-25(7,26)10-3/h11-12,29-30H,8-10,13-16,26H2,1-7H3,(H,27,31)(H,28,32). The summed E-state index contributed by atoms with van der Waals surface area (Å²) < 4.78 is 5.69. The van der Waals surface area contributed by atoms with Crippen LogP contribution in [0.25, 0.3) is 0 Å². The highest BCUT2D eigenvalue weighted by Gasteiger charge is 2.31. The van der Waals surface area contributed by atoms with E-state index in [1.807, 2.05) is 20.8 Å². The van der Waals surface area contributed by atoms with Crippen molar-refractivity contribution in [3.05, 3.63) is 23.3 Å². The molecular formula is C25H43BN2O5. The third-order valence-corrected chi connectivity index (χ3v) is 6.76. The Kier molecular flexibility index (Phi) is 10.3. The molecule has 0 aliphatic rings. The van der Waals surface area contributed by atoms with Crippen molar-refractivity contribution in [2.75, 3.05) is 19.7 Å². The maximum atomic E-state index is 12.7. The first-order valence-corrected chi connectivity index (χ1v) is 12.0. The maximum absolute atomic E-state index is 12.7. The molecule has 0 saturated carbocycles. The van der Waals surface area contributed by atoms with Crippen LogP contribution in [-0.2, 0) is 4.74 Å². The first-order valence-electron chi connectivity index (χ1n) is 12.0. The van der Waals surface area contributed by atoms with E-state index in [4.69, 9.17) is 4.74 Å². The molecule has 0 heterocycles. The number of amides is 2. The number of hydrogen-bond donors (Lipinski definition) is 4. The molecule has 1 aromatic rings. The second kappa shape index (κ2) is 11.8. The van der Waals surface area contributed by atoms with E-state index in [9.17, 15) is 19.8 Å². The third kappa shape index (κ3) is 8.57. The predicted octanol–water partition coefficient (Wildman–Crippen LogP) is 3.79. The molecule has 8 heteroatoms. The van der Waals surface area contributed by atoms with Gasteiger partial charge in [0.1, 0.15) is 7.85 Å². The molecule has 0 spiro atoms. The molecule has 2 atom stereocenters. The second-order valence-electron chi connectivity index (χ2n) is 10.6. The minimum absolute atomic E-state index is 0.0646. The number of rotatable bonds is 13. The third-order valence-electron chi connectivity index (χ3n) is 6.76. The summed E-state index contributed by atoms with van der Waals surface area (Å²) in [5.41, 5.74) is -0.534. The van der Waals surface area contributed by atoms with Crippen LogP contribution in [0.3, 0.4) is 0 Å². The first-order chi connectivity index (χ1) is 15.2. The zero-order valence-electron chi connectivity index (χ0n) is 21.7. The zero-order chi connectivity index (χ0) is 25.4. The maximum Gasteiger partial charge on any atom is 0.255 e. The molecular weight excluding hydrogens is 419 g/mol. The predicted molar refractivity (Wildman–Crippen MR) is 135 cm³/mol. The van der Waals surface area contributed by atoms with Gasteiger partial charge in [-0.1, -0.05) is 46.4 Å². The molecule has 186 valence electrons. The van der Waals surface area contributed by atoms with Crippen molar-refractivity contribution >= 4 is 19.7 Å². The van der Waals surface area contributed by atoms with E-state index in [1.54, 1.807) is 0 Å². The van der Waals surface area contributed by atoms with Gasteiger partial charge in [-0.2, -0.15) is 0 Å². The summed E-state index contributed by atoms with van der Waals surface area (Å²) in [6.45, 7) is 15.6. The van der Waals surface area contributed by atoms with Gasteiger partial charge in [-0.25, -0.2) is 0 Å². The van der Waals surface area contributed by atoms with Crippen LogP contribution in [0.2, 0.25) is 5.31 Å². The van der Waals surface area contributed by atoms with Crippen molar-refractivity contribution in [1.29, 1.82) is 0 Å². The largest absolute Gasteiger partial charge is 0.504 e. The highest BCUT2D eigenvalue weighted by molar-refractivity contribution is 6.14. The van der Waals surface area contributed by atoms with Crippen LogP contribution in [0.4, 0.5) is 0 Å². The normalized spacial score (nSPS) is 15.4. The Balaban J connectivity index is 2.81. The molecule has 0 aliphatic heterocycles. The molecule has 4 N–H and O–H groups in total. The quantitative estimate of drug-likeness (QED) is 0.203. The molecule has 0 saturated heterocycles. The average Bonchev–Trinajstić information content (AvgIpc) is 2.76. The summed E-state index contributed by atoms with van der Waals surface area (Å²) in [5.74, 6) is -2.25. The second-order valence-corrected chi connectivity index (χ2v) is 10.6. The van der Waals surface area contributed by atoms with Crippen LogP contribution in [0.5, 0.6) is 11.5 Å². The number of carbonyl (C=O) groups is 2. The molecule has 2 amide bonds. The number of nitrogens with one attached hydrogen (secondary N) is 2. The van der Waals surface area contributed by atoms with Crippen molar-refractivity contribution in [2.24, 2.45) is 5.41 Å². The lowest BCUT2D eigenvalue weighted by Crippen LogP contribution is -2.37. The van der Waals surface area contributed by atoms with Crippen molar-refractivity contribution in [3.63, 3.8) is 0 Å². The Hall–Kier alpha value is -2.22. The smallest absolute Gasteiger partial charge is 0.255 e. The number of hydrogen-bond acceptors (Lipinski definition) is 5. The zero-order valence-corrected chi connectivity index (χ0v) is 21.7. The van der Waals surface area contributed by atoms with Crippen molar-refractivity contribution in [2.45, 2.75) is 85.1 Å². The number of phenols is 2. The van der Waals surface area contributed by atoms with E-state index in [-0.39, 0.29) is 34.0 Å². The summed E-state index contributed by atoms with van der Waals surface area (Å²) in [7, 11) is 2.22. The van der Waals surface area contributed by atoms with E-state index in [0.717, 1.165) is 25.7 Å². The van der Waals surface area contributed by atoms with Crippen LogP contribution in [0.15, 0.2) is 12.1 Å². The number of benzene rings is 1. The summed E-state index contributed by atoms with van der Waals surface area (Å²) >= 11 is 0. The Morgan fingerprint density at radius 1 is 0.909 bits per heavy atom. The molecule has 1 rings (SSSR count). The number of phenolic OH excluding ortho intramolecular Hbond substituents is 2. The van der Waals surface area contributed by atoms with Crippen molar-refractivity contribution in [1.82, 2.24) is 10.6 Å². The van der Waals surface area contributed by atoms with E-state index < -0.39 is 23.3 Å². The molecule has 0 radical (unpaired) electrons. The lowest BCUT2D eigenvalue weighted by atomic mass is 9.59. The van der Waals surface area contributed by atoms with Gasteiger partial charge in [-0.3, -0.25) is 9.59 Å². The summed E-state index contributed by atoms with van der Waals surface area (Å²) in [5, 5.41) is 26.5. The Morgan fingerprint density at radius 2 is 1.42 bits per heavy atom. The van der Waals surface area contributed by atoms with Gasteiger partial charge in [0.25, 0.3) is 11.8 Å². The summed E-state index contributed by atoms with van der Waals surface area (Å²) in [6, 6.07) is 2.70. The van der Waals surface area contributed by atoms with Crippen molar-refractivity contribution in [3.8, 4) is 11.5 Å². The fourth-order valence-electron chi connectivity index (χ4n) is 3.62. The van der Waals surface area contributed by atoms with Gasteiger partial charge >= 0.3 is 0 Å². The first kappa shape index (κ1) is 28.8. The average molecular weight is 462 g/mol. The highest BCUT2D eigenvalue weighted by Crippen LogP contribution is 2.41. The lowest BCUT2D eigenvalue weighted by Gasteiger charge is -2.37. The fraction of sp³-hybridized carbons (Fsp3) is 0.680. The minimum atomic E-state index is -0.611. The molecule has 33 heavy (non-hydrogen) atoms. The van der Waals surface area contributed by atoms with E-state index in [1.165, 1.54) is 12.1 Å². The minimum Gasteiger partial charge on any atom is -0.504 e. The lowest BCUT2D eigenvalue weighted by molar-refractivity contribution is -0.0177. The number of carbonyl (C=O) groups excluding carboxylic acids is 2. The molecule has 2 unspecified atom stereocenters. The van der Waals surface area contributed by atoms with Gasteiger partial charge in [0.2, 0.25) is 0 Å². The van der Waals surface area contributed by atoms with Crippen molar-refractivity contribution < 1.29 is 24.5 Å². The van der Waals surface area contributed by atoms with Gasteiger partial charge in [-0.15, -0.1) is 0 Å². The molecule has 0 aliphatic carbocycles. The van der Waals surface area contributed by atoms with Gasteiger partial charge in [-0.05, 0) is 50.7 Å². The topological polar surface area (TPSA) is 108 Å². The molecule has 7 nitrogen and oxygen atoms in total. The monoisotopic (exact) mass is 462 g/mol. The van der Waals surface area contributed by atoms with E-state index >= 15 is 0 Å². The van der Waals surface area contributed by atoms with Crippen LogP contribution in [0.1, 0.15) is 94.9 Å². The molecule has 0 bridgehead atoms. The van der Waals surface area contributed by atoms with Crippen LogP contribution in [-0.4, -0.2) is 55.2 Å². The molecule has 0 aromatic heterocycles. The van der Waals surface area contributed by atoms with Crippen LogP contribution >= 0.6 is 0 Å². The van der Waals surface area contributed by atoms with E-state index in [2.05, 4.69) is 46.2 Å². The van der Waals surface area contributed by atoms with Gasteiger partial charge < -0.3 is 25.6 Å². The Morgan fingerprint density at radius 3 is 1.88 bits per heavy atom. The van der Waals surface area contributed by atoms with E-state index in [0.29, 0.717) is 13.2 Å². The van der Waals surface area contributed by atoms with Gasteiger partial charge in [0, 0.05) is 13.1 Å². The Bertz CT molecular complexity index is 825. The van der Waals surface area contributed by atoms with Crippen LogP contribution < -0.4 is 10.6 Å². The Labute approximate surface area is 200 Å².